The van der Waals surface area contributed by atoms with E-state index >= 15 is 0 Å². The first-order valence-electron chi connectivity index (χ1n) is 6.23. The van der Waals surface area contributed by atoms with E-state index in [0.717, 1.165) is 5.39 Å². The monoisotopic (exact) mass is 287 g/mol. The summed E-state index contributed by atoms with van der Waals surface area (Å²) < 4.78 is 1.18. The molecule has 2 heterocycles. The van der Waals surface area contributed by atoms with Crippen LogP contribution >= 0.6 is 11.3 Å². The SMILES string of the molecule is C[C@@H](Cc1nn[nH]n1)NC(=O)c1ccc2sccc2c1. The van der Waals surface area contributed by atoms with Crippen LogP contribution in [0, 0.1) is 0 Å². The molecule has 1 aromatic carbocycles. The first-order valence-corrected chi connectivity index (χ1v) is 7.11. The van der Waals surface area contributed by atoms with Crippen LogP contribution in [-0.4, -0.2) is 32.6 Å². The lowest BCUT2D eigenvalue weighted by Gasteiger charge is -2.11. The second-order valence-corrected chi connectivity index (χ2v) is 5.53. The topological polar surface area (TPSA) is 83.6 Å². The summed E-state index contributed by atoms with van der Waals surface area (Å²) in [6.07, 6.45) is 0.545. The zero-order valence-electron chi connectivity index (χ0n) is 10.8. The molecule has 7 heteroatoms. The van der Waals surface area contributed by atoms with Gasteiger partial charge in [0.1, 0.15) is 0 Å². The van der Waals surface area contributed by atoms with Crippen LogP contribution in [0.3, 0.4) is 0 Å². The van der Waals surface area contributed by atoms with Crippen LogP contribution in [0.5, 0.6) is 0 Å². The fourth-order valence-electron chi connectivity index (χ4n) is 2.01. The van der Waals surface area contributed by atoms with Crippen LogP contribution in [0.2, 0.25) is 0 Å². The van der Waals surface area contributed by atoms with Crippen molar-refractivity contribution in [3.8, 4) is 0 Å². The third-order valence-electron chi connectivity index (χ3n) is 2.97. The lowest BCUT2D eigenvalue weighted by molar-refractivity contribution is 0.0940. The summed E-state index contributed by atoms with van der Waals surface area (Å²) in [5, 5.41) is 19.7. The maximum absolute atomic E-state index is 12.2. The van der Waals surface area contributed by atoms with Gasteiger partial charge in [0, 0.05) is 22.7 Å². The van der Waals surface area contributed by atoms with Gasteiger partial charge in [-0.15, -0.1) is 21.5 Å². The predicted molar refractivity (Wildman–Crippen MR) is 76.6 cm³/mol. The summed E-state index contributed by atoms with van der Waals surface area (Å²) in [5.41, 5.74) is 0.663. The van der Waals surface area contributed by atoms with Gasteiger partial charge in [-0.3, -0.25) is 4.79 Å². The largest absolute Gasteiger partial charge is 0.349 e. The Morgan fingerprint density at radius 1 is 1.45 bits per heavy atom. The van der Waals surface area contributed by atoms with E-state index < -0.39 is 0 Å². The summed E-state index contributed by atoms with van der Waals surface area (Å²) in [5.74, 6) is 0.500. The zero-order chi connectivity index (χ0) is 13.9. The highest BCUT2D eigenvalue weighted by Crippen LogP contribution is 2.21. The van der Waals surface area contributed by atoms with Gasteiger partial charge in [-0.1, -0.05) is 5.21 Å². The highest BCUT2D eigenvalue weighted by atomic mass is 32.1. The second kappa shape index (κ2) is 5.38. The quantitative estimate of drug-likeness (QED) is 0.766. The first-order chi connectivity index (χ1) is 9.72. The number of nitrogens with zero attached hydrogens (tertiary/aromatic N) is 3. The number of hydrogen-bond acceptors (Lipinski definition) is 5. The van der Waals surface area contributed by atoms with E-state index in [1.165, 1.54) is 4.70 Å². The van der Waals surface area contributed by atoms with Crippen LogP contribution in [0.25, 0.3) is 10.1 Å². The molecule has 2 N–H and O–H groups in total. The minimum absolute atomic E-state index is 0.0572. The molecule has 3 rings (SSSR count). The van der Waals surface area contributed by atoms with Crippen molar-refractivity contribution in [2.75, 3.05) is 0 Å². The van der Waals surface area contributed by atoms with E-state index in [0.29, 0.717) is 17.8 Å². The van der Waals surface area contributed by atoms with Crippen molar-refractivity contribution in [3.05, 3.63) is 41.0 Å². The standard InChI is InChI=1S/C13H13N5OS/c1-8(6-12-15-17-18-16-12)14-13(19)10-2-3-11-9(7-10)4-5-20-11/h2-5,7-8H,6H2,1H3,(H,14,19)(H,15,16,17,18)/t8-/m0/s1. The molecule has 20 heavy (non-hydrogen) atoms. The molecule has 102 valence electrons. The van der Waals surface area contributed by atoms with Crippen molar-refractivity contribution in [3.63, 3.8) is 0 Å². The molecule has 1 atom stereocenters. The average molecular weight is 287 g/mol. The smallest absolute Gasteiger partial charge is 0.251 e. The Kier molecular flexibility index (Phi) is 3.42. The van der Waals surface area contributed by atoms with E-state index in [-0.39, 0.29) is 11.9 Å². The lowest BCUT2D eigenvalue weighted by atomic mass is 10.1. The number of H-pyrrole nitrogens is 1. The number of benzene rings is 1. The van der Waals surface area contributed by atoms with E-state index in [4.69, 9.17) is 0 Å². The Morgan fingerprint density at radius 2 is 2.35 bits per heavy atom. The molecule has 3 aromatic rings. The maximum Gasteiger partial charge on any atom is 0.251 e. The van der Waals surface area contributed by atoms with Gasteiger partial charge < -0.3 is 5.32 Å². The number of hydrogen-bond donors (Lipinski definition) is 2. The molecule has 0 unspecified atom stereocenters. The van der Waals surface area contributed by atoms with Gasteiger partial charge in [-0.2, -0.15) is 5.21 Å². The summed E-state index contributed by atoms with van der Waals surface area (Å²) in [7, 11) is 0. The molecule has 0 spiro atoms. The van der Waals surface area contributed by atoms with Crippen molar-refractivity contribution in [2.45, 2.75) is 19.4 Å². The molecule has 0 saturated carbocycles. The number of thiophene rings is 1. The third kappa shape index (κ3) is 2.67. The summed E-state index contributed by atoms with van der Waals surface area (Å²) >= 11 is 1.67. The molecular weight excluding hydrogens is 274 g/mol. The zero-order valence-corrected chi connectivity index (χ0v) is 11.6. The third-order valence-corrected chi connectivity index (χ3v) is 3.87. The van der Waals surface area contributed by atoms with Crippen LogP contribution in [0.1, 0.15) is 23.1 Å². The molecule has 2 aromatic heterocycles. The Hall–Kier alpha value is -2.28. The van der Waals surface area contributed by atoms with Crippen LogP contribution in [-0.2, 0) is 6.42 Å². The number of carbonyl (C=O) groups excluding carboxylic acids is 1. The number of aromatic nitrogens is 4. The molecule has 0 radical (unpaired) electrons. The Balaban J connectivity index is 1.68. The number of amides is 1. The fourth-order valence-corrected chi connectivity index (χ4v) is 2.78. The summed E-state index contributed by atoms with van der Waals surface area (Å²) in [4.78, 5) is 12.2. The maximum atomic E-state index is 12.2. The fraction of sp³-hybridized carbons (Fsp3) is 0.231. The van der Waals surface area contributed by atoms with E-state index in [1.807, 2.05) is 36.6 Å². The minimum atomic E-state index is -0.0888. The highest BCUT2D eigenvalue weighted by Gasteiger charge is 2.12. The minimum Gasteiger partial charge on any atom is -0.349 e. The molecular formula is C13H13N5OS. The van der Waals surface area contributed by atoms with Crippen LogP contribution in [0.4, 0.5) is 0 Å². The Morgan fingerprint density at radius 3 is 3.15 bits per heavy atom. The first kappa shape index (κ1) is 12.7. The number of aromatic amines is 1. The second-order valence-electron chi connectivity index (χ2n) is 4.58. The Labute approximate surface area is 119 Å². The van der Waals surface area contributed by atoms with E-state index in [2.05, 4.69) is 25.9 Å². The van der Waals surface area contributed by atoms with Gasteiger partial charge >= 0.3 is 0 Å². The van der Waals surface area contributed by atoms with Crippen LogP contribution < -0.4 is 5.32 Å². The summed E-state index contributed by atoms with van der Waals surface area (Å²) in [6.45, 7) is 1.91. The average Bonchev–Trinajstić information content (AvgIpc) is 3.07. The predicted octanol–water partition coefficient (Wildman–Crippen LogP) is 1.78. The highest BCUT2D eigenvalue weighted by molar-refractivity contribution is 7.17. The number of tetrazole rings is 1. The number of nitrogens with one attached hydrogen (secondary N) is 2. The number of rotatable bonds is 4. The number of carbonyl (C=O) groups is 1. The van der Waals surface area contributed by atoms with E-state index in [1.54, 1.807) is 11.3 Å². The molecule has 0 saturated heterocycles. The lowest BCUT2D eigenvalue weighted by Crippen LogP contribution is -2.34. The van der Waals surface area contributed by atoms with Crippen molar-refractivity contribution >= 4 is 27.3 Å². The molecule has 0 aliphatic heterocycles. The summed E-state index contributed by atoms with van der Waals surface area (Å²) in [6, 6.07) is 7.67. The van der Waals surface area contributed by atoms with Gasteiger partial charge in [0.15, 0.2) is 5.82 Å². The van der Waals surface area contributed by atoms with Crippen molar-refractivity contribution in [2.24, 2.45) is 0 Å². The van der Waals surface area contributed by atoms with Crippen molar-refractivity contribution in [1.82, 2.24) is 25.9 Å². The molecule has 0 fully saturated rings. The molecule has 0 aliphatic rings. The van der Waals surface area contributed by atoms with Gasteiger partial charge in [0.2, 0.25) is 0 Å². The van der Waals surface area contributed by atoms with Crippen LogP contribution in [0.15, 0.2) is 29.6 Å². The molecule has 0 aliphatic carbocycles. The van der Waals surface area contributed by atoms with Gasteiger partial charge in [-0.05, 0) is 42.0 Å². The van der Waals surface area contributed by atoms with E-state index in [9.17, 15) is 4.79 Å². The Bertz CT molecular complexity index is 721. The normalized spacial score (nSPS) is 12.4. The molecule has 1 amide bonds. The van der Waals surface area contributed by atoms with Gasteiger partial charge in [0.25, 0.3) is 5.91 Å². The molecule has 6 nitrogen and oxygen atoms in total. The molecule has 0 bridgehead atoms. The number of fused-ring (bicyclic) bond motifs is 1. The van der Waals surface area contributed by atoms with Crippen molar-refractivity contribution < 1.29 is 4.79 Å². The van der Waals surface area contributed by atoms with Crippen molar-refractivity contribution in [1.29, 1.82) is 0 Å². The van der Waals surface area contributed by atoms with Gasteiger partial charge in [0.05, 0.1) is 0 Å². The van der Waals surface area contributed by atoms with Gasteiger partial charge in [-0.25, -0.2) is 0 Å².